The Morgan fingerprint density at radius 1 is 1.06 bits per heavy atom. The summed E-state index contributed by atoms with van der Waals surface area (Å²) in [5.74, 6) is 5.26. The van der Waals surface area contributed by atoms with Gasteiger partial charge in [-0.2, -0.15) is 12.7 Å². The lowest BCUT2D eigenvalue weighted by Gasteiger charge is -2.43. The number of hydrogen-bond acceptors (Lipinski definition) is 4. The van der Waals surface area contributed by atoms with Crippen molar-refractivity contribution in [2.24, 2.45) is 5.92 Å². The topological polar surface area (TPSA) is 99.6 Å². The van der Waals surface area contributed by atoms with Gasteiger partial charge in [-0.3, -0.25) is 4.72 Å². The number of anilines is 1. The Labute approximate surface area is 182 Å². The van der Waals surface area contributed by atoms with Crippen LogP contribution in [-0.2, 0) is 10.2 Å². The smallest absolute Gasteiger partial charge is 0.354 e. The molecule has 2 atom stereocenters. The molecule has 1 aromatic carbocycles. The maximum atomic E-state index is 13.2. The summed E-state index contributed by atoms with van der Waals surface area (Å²) >= 11 is 0. The van der Waals surface area contributed by atoms with Gasteiger partial charge in [0.25, 0.3) is 0 Å². The quantitative estimate of drug-likeness (QED) is 0.711. The third-order valence-corrected chi connectivity index (χ3v) is 7.54. The largest absolute Gasteiger partial charge is 0.477 e. The van der Waals surface area contributed by atoms with Crippen LogP contribution >= 0.6 is 0 Å². The van der Waals surface area contributed by atoms with E-state index in [1.54, 1.807) is 34.6 Å². The van der Waals surface area contributed by atoms with Gasteiger partial charge in [-0.1, -0.05) is 36.8 Å². The van der Waals surface area contributed by atoms with Gasteiger partial charge in [0, 0.05) is 29.9 Å². The molecule has 2 heterocycles. The van der Waals surface area contributed by atoms with Crippen molar-refractivity contribution < 1.29 is 18.3 Å². The fraction of sp³-hybridized carbons (Fsp3) is 0.391. The number of carbonyl (C=O) groups is 1. The minimum absolute atomic E-state index is 0.0544. The molecule has 1 aromatic heterocycles. The van der Waals surface area contributed by atoms with Crippen LogP contribution in [0.5, 0.6) is 0 Å². The van der Waals surface area contributed by atoms with E-state index in [4.69, 9.17) is 5.11 Å². The van der Waals surface area contributed by atoms with E-state index in [0.717, 1.165) is 32.1 Å². The predicted molar refractivity (Wildman–Crippen MR) is 118 cm³/mol. The molecule has 8 heteroatoms. The number of hydrogen-bond donors (Lipinski definition) is 2. The Hall–Kier alpha value is -2.89. The van der Waals surface area contributed by atoms with Crippen LogP contribution in [0.1, 0.15) is 60.1 Å². The number of rotatable bonds is 4. The zero-order valence-corrected chi connectivity index (χ0v) is 17.9. The molecule has 2 aliphatic rings. The summed E-state index contributed by atoms with van der Waals surface area (Å²) < 4.78 is 30.9. The SMILES string of the molecule is O=C(O)c1ccc(C#Cc2ccccc2NS(=O)(=O)N2CCC[C@@H]3CCCC[C@H]32)cn1. The number of aromatic carboxylic acids is 1. The summed E-state index contributed by atoms with van der Waals surface area (Å²) in [5, 5.41) is 8.94. The van der Waals surface area contributed by atoms with Crippen molar-refractivity contribution in [3.63, 3.8) is 0 Å². The molecule has 1 aliphatic carbocycles. The highest BCUT2D eigenvalue weighted by molar-refractivity contribution is 7.90. The van der Waals surface area contributed by atoms with Crippen molar-refractivity contribution in [1.82, 2.24) is 9.29 Å². The lowest BCUT2D eigenvalue weighted by Crippen LogP contribution is -2.51. The van der Waals surface area contributed by atoms with Crippen LogP contribution in [0.15, 0.2) is 42.6 Å². The number of nitrogens with one attached hydrogen (secondary N) is 1. The fourth-order valence-electron chi connectivity index (χ4n) is 4.49. The summed E-state index contributed by atoms with van der Waals surface area (Å²) in [6.07, 6.45) is 7.67. The van der Waals surface area contributed by atoms with Crippen LogP contribution in [0.3, 0.4) is 0 Å². The van der Waals surface area contributed by atoms with Crippen LogP contribution in [-0.4, -0.2) is 41.4 Å². The molecule has 31 heavy (non-hydrogen) atoms. The van der Waals surface area contributed by atoms with Gasteiger partial charge in [-0.15, -0.1) is 0 Å². The Kier molecular flexibility index (Phi) is 6.25. The zero-order valence-electron chi connectivity index (χ0n) is 17.1. The van der Waals surface area contributed by atoms with E-state index in [-0.39, 0.29) is 11.7 Å². The van der Waals surface area contributed by atoms with Crippen LogP contribution in [0, 0.1) is 17.8 Å². The highest BCUT2D eigenvalue weighted by atomic mass is 32.2. The maximum absolute atomic E-state index is 13.2. The first-order valence-electron chi connectivity index (χ1n) is 10.5. The molecular weight excluding hydrogens is 414 g/mol. The number of para-hydroxylation sites is 1. The number of carboxylic acid groups (broad SMARTS) is 1. The molecular formula is C23H25N3O4S. The highest BCUT2D eigenvalue weighted by Gasteiger charge is 2.39. The minimum Gasteiger partial charge on any atom is -0.477 e. The summed E-state index contributed by atoms with van der Waals surface area (Å²) in [7, 11) is -3.69. The molecule has 0 bridgehead atoms. The molecule has 2 aromatic rings. The maximum Gasteiger partial charge on any atom is 0.354 e. The van der Waals surface area contributed by atoms with Crippen molar-refractivity contribution in [2.75, 3.05) is 11.3 Å². The molecule has 1 aliphatic heterocycles. The predicted octanol–water partition coefficient (Wildman–Crippen LogP) is 3.49. The normalized spacial score (nSPS) is 21.4. The van der Waals surface area contributed by atoms with Crippen LogP contribution in [0.4, 0.5) is 5.69 Å². The number of nitrogens with zero attached hydrogens (tertiary/aromatic N) is 2. The molecule has 0 spiro atoms. The first-order valence-corrected chi connectivity index (χ1v) is 12.0. The Balaban J connectivity index is 1.55. The molecule has 4 rings (SSSR count). The molecule has 1 saturated carbocycles. The molecule has 162 valence electrons. The van der Waals surface area contributed by atoms with Gasteiger partial charge in [0.1, 0.15) is 5.69 Å². The van der Waals surface area contributed by atoms with Gasteiger partial charge in [0.05, 0.1) is 5.69 Å². The number of benzene rings is 1. The number of piperidine rings is 1. The van der Waals surface area contributed by atoms with Gasteiger partial charge in [-0.05, 0) is 55.9 Å². The Morgan fingerprint density at radius 2 is 1.84 bits per heavy atom. The summed E-state index contributed by atoms with van der Waals surface area (Å²) in [5.41, 5.74) is 1.47. The van der Waals surface area contributed by atoms with Gasteiger partial charge in [0.15, 0.2) is 0 Å². The number of aromatic nitrogens is 1. The van der Waals surface area contributed by atoms with E-state index in [0.29, 0.717) is 29.3 Å². The third-order valence-electron chi connectivity index (χ3n) is 5.99. The van der Waals surface area contributed by atoms with Crippen molar-refractivity contribution in [1.29, 1.82) is 0 Å². The third kappa shape index (κ3) is 4.89. The lowest BCUT2D eigenvalue weighted by atomic mass is 9.79. The number of fused-ring (bicyclic) bond motifs is 1. The van der Waals surface area contributed by atoms with Crippen molar-refractivity contribution in [3.8, 4) is 11.8 Å². The van der Waals surface area contributed by atoms with E-state index in [1.165, 1.54) is 18.7 Å². The van der Waals surface area contributed by atoms with E-state index < -0.39 is 16.2 Å². The van der Waals surface area contributed by atoms with E-state index in [9.17, 15) is 13.2 Å². The molecule has 0 unspecified atom stereocenters. The lowest BCUT2D eigenvalue weighted by molar-refractivity contribution is 0.0690. The zero-order chi connectivity index (χ0) is 21.8. The molecule has 0 radical (unpaired) electrons. The average molecular weight is 440 g/mol. The van der Waals surface area contributed by atoms with Crippen LogP contribution < -0.4 is 4.72 Å². The van der Waals surface area contributed by atoms with Gasteiger partial charge < -0.3 is 5.11 Å². The van der Waals surface area contributed by atoms with E-state index >= 15 is 0 Å². The number of carboxylic acids is 1. The summed E-state index contributed by atoms with van der Waals surface area (Å²) in [4.78, 5) is 14.8. The monoisotopic (exact) mass is 439 g/mol. The number of pyridine rings is 1. The van der Waals surface area contributed by atoms with Crippen LogP contribution in [0.2, 0.25) is 0 Å². The molecule has 7 nitrogen and oxygen atoms in total. The van der Waals surface area contributed by atoms with E-state index in [1.807, 2.05) is 0 Å². The molecule has 2 N–H and O–H groups in total. The van der Waals surface area contributed by atoms with E-state index in [2.05, 4.69) is 21.5 Å². The summed E-state index contributed by atoms with van der Waals surface area (Å²) in [6.45, 7) is 0.548. The van der Waals surface area contributed by atoms with Gasteiger partial charge in [0.2, 0.25) is 0 Å². The first kappa shape index (κ1) is 21.3. The molecule has 1 saturated heterocycles. The first-order chi connectivity index (χ1) is 14.9. The highest BCUT2D eigenvalue weighted by Crippen LogP contribution is 2.37. The van der Waals surface area contributed by atoms with Gasteiger partial charge in [-0.25, -0.2) is 9.78 Å². The second kappa shape index (κ2) is 9.08. The second-order valence-corrected chi connectivity index (χ2v) is 9.63. The van der Waals surface area contributed by atoms with Crippen molar-refractivity contribution >= 4 is 21.9 Å². The standard InChI is InChI=1S/C23H25N3O4S/c27-23(28)21-14-12-17(16-24-21)11-13-18-6-1-3-9-20(18)25-31(29,30)26-15-5-8-19-7-2-4-10-22(19)26/h1,3,6,9,12,14,16,19,22,25H,2,4-5,7-8,10,15H2,(H,27,28)/t19-,22+/m0/s1. The Morgan fingerprint density at radius 3 is 2.61 bits per heavy atom. The molecule has 2 fully saturated rings. The average Bonchev–Trinajstić information content (AvgIpc) is 2.78. The van der Waals surface area contributed by atoms with Crippen molar-refractivity contribution in [3.05, 3.63) is 59.4 Å². The summed E-state index contributed by atoms with van der Waals surface area (Å²) in [6, 6.07) is 10.1. The second-order valence-electron chi connectivity index (χ2n) is 8.00. The van der Waals surface area contributed by atoms with Crippen molar-refractivity contribution in [2.45, 2.75) is 44.6 Å². The van der Waals surface area contributed by atoms with Crippen LogP contribution in [0.25, 0.3) is 0 Å². The minimum atomic E-state index is -3.69. The molecule has 0 amide bonds. The fourth-order valence-corrected chi connectivity index (χ4v) is 6.07. The Bertz CT molecular complexity index is 1120. The van der Waals surface area contributed by atoms with Gasteiger partial charge >= 0.3 is 16.2 Å².